The van der Waals surface area contributed by atoms with Crippen LogP contribution in [0.4, 0.5) is 10.1 Å². The van der Waals surface area contributed by atoms with Crippen LogP contribution >= 0.6 is 0 Å². The zero-order valence-electron chi connectivity index (χ0n) is 12.1. The van der Waals surface area contributed by atoms with Crippen molar-refractivity contribution in [2.75, 3.05) is 12.1 Å². The minimum Gasteiger partial charge on any atom is -0.454 e. The van der Waals surface area contributed by atoms with Crippen molar-refractivity contribution in [3.05, 3.63) is 59.4 Å². The monoisotopic (exact) mass is 315 g/mol. The number of rotatable bonds is 4. The molecule has 23 heavy (non-hydrogen) atoms. The highest BCUT2D eigenvalue weighted by molar-refractivity contribution is 6.01. The molecule has 0 atom stereocenters. The number of hydrogen-bond donors (Lipinski definition) is 2. The van der Waals surface area contributed by atoms with Crippen molar-refractivity contribution in [2.24, 2.45) is 0 Å². The molecule has 0 radical (unpaired) electrons. The highest BCUT2D eigenvalue weighted by atomic mass is 19.1. The molecule has 1 aliphatic heterocycles. The molecule has 0 aromatic heterocycles. The Hall–Kier alpha value is -2.86. The summed E-state index contributed by atoms with van der Waals surface area (Å²) in [5, 5.41) is 11.5. The number of ether oxygens (including phenoxy) is 2. The average Bonchev–Trinajstić information content (AvgIpc) is 3.01. The third-order valence-corrected chi connectivity index (χ3v) is 3.31. The number of anilines is 1. The van der Waals surface area contributed by atoms with E-state index in [0.29, 0.717) is 17.2 Å². The zero-order valence-corrected chi connectivity index (χ0v) is 12.1. The smallest absolute Gasteiger partial charge is 0.248 e. The van der Waals surface area contributed by atoms with Gasteiger partial charge in [0.15, 0.2) is 11.5 Å². The van der Waals surface area contributed by atoms with Gasteiger partial charge in [-0.3, -0.25) is 4.79 Å². The van der Waals surface area contributed by atoms with Crippen LogP contribution in [0.15, 0.2) is 42.5 Å². The summed E-state index contributed by atoms with van der Waals surface area (Å²) in [6.45, 7) is -0.192. The molecule has 1 amide bonds. The summed E-state index contributed by atoms with van der Waals surface area (Å²) in [7, 11) is 0. The van der Waals surface area contributed by atoms with E-state index in [0.717, 1.165) is 11.6 Å². The number of carbonyl (C=O) groups excluding carboxylic acids is 1. The zero-order chi connectivity index (χ0) is 16.2. The molecular weight excluding hydrogens is 301 g/mol. The molecule has 0 saturated heterocycles. The van der Waals surface area contributed by atoms with Gasteiger partial charge in [0.2, 0.25) is 12.7 Å². The van der Waals surface area contributed by atoms with Crippen LogP contribution in [0.1, 0.15) is 11.1 Å². The molecular formula is C17H14FNO4. The first-order chi connectivity index (χ1) is 11.2. The Morgan fingerprint density at radius 2 is 2.04 bits per heavy atom. The van der Waals surface area contributed by atoms with E-state index in [2.05, 4.69) is 5.32 Å². The van der Waals surface area contributed by atoms with Crippen LogP contribution in [-0.4, -0.2) is 17.8 Å². The lowest BCUT2D eigenvalue weighted by molar-refractivity contribution is -0.111. The number of hydrogen-bond acceptors (Lipinski definition) is 4. The summed E-state index contributed by atoms with van der Waals surface area (Å²) in [6, 6.07) is 9.45. The highest BCUT2D eigenvalue weighted by Crippen LogP contribution is 2.32. The number of halogens is 1. The predicted octanol–water partition coefficient (Wildman–Crippen LogP) is 2.70. The van der Waals surface area contributed by atoms with E-state index >= 15 is 0 Å². The quantitative estimate of drug-likeness (QED) is 0.851. The van der Waals surface area contributed by atoms with E-state index in [9.17, 15) is 9.18 Å². The largest absolute Gasteiger partial charge is 0.454 e. The Kier molecular flexibility index (Phi) is 4.25. The molecule has 118 valence electrons. The fourth-order valence-electron chi connectivity index (χ4n) is 2.13. The number of nitrogens with one attached hydrogen (secondary N) is 1. The van der Waals surface area contributed by atoms with Crippen molar-refractivity contribution in [1.82, 2.24) is 0 Å². The third kappa shape index (κ3) is 3.49. The SMILES string of the molecule is O=C(/C=C/c1ccc2c(c1)OCO2)Nc1ccc(CO)c(F)c1. The third-order valence-electron chi connectivity index (χ3n) is 3.31. The van der Waals surface area contributed by atoms with Gasteiger partial charge in [-0.2, -0.15) is 0 Å². The summed E-state index contributed by atoms with van der Waals surface area (Å²) in [6.07, 6.45) is 2.96. The molecule has 0 bridgehead atoms. The number of aliphatic hydroxyl groups is 1. The second-order valence-corrected chi connectivity index (χ2v) is 4.90. The van der Waals surface area contributed by atoms with Crippen LogP contribution in [0.3, 0.4) is 0 Å². The first kappa shape index (κ1) is 15.1. The van der Waals surface area contributed by atoms with Gasteiger partial charge in [0.1, 0.15) is 5.82 Å². The summed E-state index contributed by atoms with van der Waals surface area (Å²) in [5.41, 5.74) is 1.28. The second-order valence-electron chi connectivity index (χ2n) is 4.90. The van der Waals surface area contributed by atoms with Crippen LogP contribution in [-0.2, 0) is 11.4 Å². The molecule has 0 aliphatic carbocycles. The number of amides is 1. The fraction of sp³-hybridized carbons (Fsp3) is 0.118. The highest BCUT2D eigenvalue weighted by Gasteiger charge is 2.12. The van der Waals surface area contributed by atoms with E-state index < -0.39 is 5.82 Å². The van der Waals surface area contributed by atoms with Crippen molar-refractivity contribution in [3.8, 4) is 11.5 Å². The van der Waals surface area contributed by atoms with Crippen molar-refractivity contribution in [1.29, 1.82) is 0 Å². The van der Waals surface area contributed by atoms with E-state index in [1.54, 1.807) is 24.3 Å². The molecule has 2 aromatic carbocycles. The van der Waals surface area contributed by atoms with Gasteiger partial charge in [-0.15, -0.1) is 0 Å². The minimum atomic E-state index is -0.565. The molecule has 2 aromatic rings. The van der Waals surface area contributed by atoms with Crippen LogP contribution in [0, 0.1) is 5.82 Å². The molecule has 0 unspecified atom stereocenters. The molecule has 1 aliphatic rings. The summed E-state index contributed by atoms with van der Waals surface area (Å²) in [5.74, 6) is 0.351. The lowest BCUT2D eigenvalue weighted by atomic mass is 10.2. The van der Waals surface area contributed by atoms with Crippen molar-refractivity contribution < 1.29 is 23.8 Å². The molecule has 3 rings (SSSR count). The van der Waals surface area contributed by atoms with Gasteiger partial charge in [-0.1, -0.05) is 12.1 Å². The molecule has 6 heteroatoms. The maximum Gasteiger partial charge on any atom is 0.248 e. The maximum absolute atomic E-state index is 13.5. The average molecular weight is 315 g/mol. The molecule has 2 N–H and O–H groups in total. The molecule has 5 nitrogen and oxygen atoms in total. The summed E-state index contributed by atoms with van der Waals surface area (Å²) >= 11 is 0. The number of carbonyl (C=O) groups is 1. The van der Waals surface area contributed by atoms with Crippen LogP contribution < -0.4 is 14.8 Å². The second kappa shape index (κ2) is 6.50. The number of fused-ring (bicyclic) bond motifs is 1. The van der Waals surface area contributed by atoms with Crippen LogP contribution in [0.25, 0.3) is 6.08 Å². The standard InChI is InChI=1S/C17H14FNO4/c18-14-8-13(4-3-12(14)9-20)19-17(21)6-2-11-1-5-15-16(7-11)23-10-22-15/h1-8,20H,9-10H2,(H,19,21)/b6-2+. The van der Waals surface area contributed by atoms with Gasteiger partial charge in [0.05, 0.1) is 6.61 Å². The number of aliphatic hydroxyl groups excluding tert-OH is 1. The topological polar surface area (TPSA) is 67.8 Å². The van der Waals surface area contributed by atoms with Crippen LogP contribution in [0.2, 0.25) is 0 Å². The first-order valence-corrected chi connectivity index (χ1v) is 6.94. The fourth-order valence-corrected chi connectivity index (χ4v) is 2.13. The molecule has 0 saturated carbocycles. The maximum atomic E-state index is 13.5. The van der Waals surface area contributed by atoms with E-state index in [1.807, 2.05) is 0 Å². The van der Waals surface area contributed by atoms with Gasteiger partial charge >= 0.3 is 0 Å². The lowest BCUT2D eigenvalue weighted by Gasteiger charge is -2.04. The molecule has 1 heterocycles. The Morgan fingerprint density at radius 3 is 2.83 bits per heavy atom. The van der Waals surface area contributed by atoms with Gasteiger partial charge in [-0.25, -0.2) is 4.39 Å². The first-order valence-electron chi connectivity index (χ1n) is 6.94. The predicted molar refractivity (Wildman–Crippen MR) is 82.6 cm³/mol. The Bertz CT molecular complexity index is 773. The normalized spacial score (nSPS) is 12.6. The van der Waals surface area contributed by atoms with Crippen molar-refractivity contribution in [3.63, 3.8) is 0 Å². The van der Waals surface area contributed by atoms with Gasteiger partial charge in [-0.05, 0) is 35.9 Å². The van der Waals surface area contributed by atoms with E-state index in [4.69, 9.17) is 14.6 Å². The van der Waals surface area contributed by atoms with E-state index in [1.165, 1.54) is 18.2 Å². The van der Waals surface area contributed by atoms with Crippen molar-refractivity contribution >= 4 is 17.7 Å². The Balaban J connectivity index is 1.66. The van der Waals surface area contributed by atoms with E-state index in [-0.39, 0.29) is 24.9 Å². The van der Waals surface area contributed by atoms with Gasteiger partial charge in [0.25, 0.3) is 0 Å². The molecule has 0 spiro atoms. The molecule has 0 fully saturated rings. The van der Waals surface area contributed by atoms with Crippen molar-refractivity contribution in [2.45, 2.75) is 6.61 Å². The van der Waals surface area contributed by atoms with Crippen LogP contribution in [0.5, 0.6) is 11.5 Å². The Morgan fingerprint density at radius 1 is 1.22 bits per heavy atom. The minimum absolute atomic E-state index is 0.180. The Labute approximate surface area is 132 Å². The lowest BCUT2D eigenvalue weighted by Crippen LogP contribution is -2.08. The number of benzene rings is 2. The van der Waals surface area contributed by atoms with Gasteiger partial charge in [0, 0.05) is 17.3 Å². The summed E-state index contributed by atoms with van der Waals surface area (Å²) < 4.78 is 24.0. The summed E-state index contributed by atoms with van der Waals surface area (Å²) in [4.78, 5) is 11.9. The van der Waals surface area contributed by atoms with Gasteiger partial charge < -0.3 is 19.9 Å².